The van der Waals surface area contributed by atoms with Crippen LogP contribution < -0.4 is 4.90 Å². The van der Waals surface area contributed by atoms with Crippen molar-refractivity contribution in [3.63, 3.8) is 0 Å². The van der Waals surface area contributed by atoms with E-state index in [2.05, 4.69) is 20.8 Å². The molecule has 1 unspecified atom stereocenters. The van der Waals surface area contributed by atoms with Gasteiger partial charge in [-0.2, -0.15) is 0 Å². The van der Waals surface area contributed by atoms with E-state index in [1.54, 1.807) is 18.2 Å². The summed E-state index contributed by atoms with van der Waals surface area (Å²) in [5.74, 6) is -2.20. The molecule has 8 heteroatoms. The molecule has 0 saturated carbocycles. The van der Waals surface area contributed by atoms with Gasteiger partial charge in [-0.05, 0) is 41.2 Å². The Morgan fingerprint density at radius 3 is 2.28 bits per heavy atom. The Kier molecular flexibility index (Phi) is 6.45. The number of anilines is 1. The van der Waals surface area contributed by atoms with Crippen molar-refractivity contribution in [3.8, 4) is 0 Å². The summed E-state index contributed by atoms with van der Waals surface area (Å²) in [5.41, 5.74) is 2.42. The van der Waals surface area contributed by atoms with Crippen LogP contribution in [0.2, 0.25) is 5.02 Å². The summed E-state index contributed by atoms with van der Waals surface area (Å²) >= 11 is 6.33. The highest BCUT2D eigenvalue weighted by Crippen LogP contribution is 2.43. The minimum atomic E-state index is -0.961. The summed E-state index contributed by atoms with van der Waals surface area (Å²) in [7, 11) is 0. The van der Waals surface area contributed by atoms with Crippen molar-refractivity contribution in [3.05, 3.63) is 110 Å². The predicted octanol–water partition coefficient (Wildman–Crippen LogP) is 6.48. The lowest BCUT2D eigenvalue weighted by molar-refractivity contribution is -0.384. The Bertz CT molecular complexity index is 1420. The van der Waals surface area contributed by atoms with Crippen LogP contribution in [0.5, 0.6) is 0 Å². The molecule has 184 valence electrons. The molecule has 0 bridgehead atoms. The van der Waals surface area contributed by atoms with Crippen LogP contribution in [0.1, 0.15) is 49.1 Å². The number of rotatable bonds is 4. The maximum Gasteiger partial charge on any atom is 0.300 e. The number of nitro groups is 1. The van der Waals surface area contributed by atoms with Gasteiger partial charge >= 0.3 is 0 Å². The van der Waals surface area contributed by atoms with Crippen molar-refractivity contribution in [2.45, 2.75) is 39.2 Å². The van der Waals surface area contributed by atoms with Crippen molar-refractivity contribution < 1.29 is 19.6 Å². The Balaban J connectivity index is 1.95. The molecule has 0 radical (unpaired) electrons. The number of nitro benzene ring substituents is 1. The molecule has 1 amide bonds. The fraction of sp³-hybridized carbons (Fsp3) is 0.214. The molecule has 0 spiro atoms. The van der Waals surface area contributed by atoms with Gasteiger partial charge in [-0.1, -0.05) is 74.8 Å². The first-order chi connectivity index (χ1) is 16.9. The number of Topliss-reactive ketones (excluding diaryl/α,β-unsaturated/α-hetero) is 1. The Labute approximate surface area is 213 Å². The maximum absolute atomic E-state index is 13.3. The molecule has 1 saturated heterocycles. The average molecular weight is 505 g/mol. The standard InChI is InChI=1S/C28H25ClN2O5/c1-16-8-13-20(15-22(16)29)30-24(17-9-11-19(12-10-17)28(2,3)4)23(26(33)27(30)34)25(32)18-6-5-7-21(14-18)31(35)36/h5-15,24,32H,1-4H3/b25-23+. The average Bonchev–Trinajstić information content (AvgIpc) is 3.10. The summed E-state index contributed by atoms with van der Waals surface area (Å²) < 4.78 is 0. The van der Waals surface area contributed by atoms with Gasteiger partial charge in [0.1, 0.15) is 5.76 Å². The topological polar surface area (TPSA) is 101 Å². The molecule has 1 fully saturated rings. The number of carbonyl (C=O) groups excluding carboxylic acids is 2. The number of hydrogen-bond acceptors (Lipinski definition) is 5. The number of non-ortho nitro benzene ring substituents is 1. The molecule has 36 heavy (non-hydrogen) atoms. The van der Waals surface area contributed by atoms with E-state index in [4.69, 9.17) is 11.6 Å². The molecule has 0 aliphatic carbocycles. The maximum atomic E-state index is 13.3. The van der Waals surface area contributed by atoms with E-state index >= 15 is 0 Å². The first kappa shape index (κ1) is 25.1. The molecule has 1 N–H and O–H groups in total. The quantitative estimate of drug-likeness (QED) is 0.144. The largest absolute Gasteiger partial charge is 0.507 e. The third kappa shape index (κ3) is 4.50. The van der Waals surface area contributed by atoms with Crippen LogP contribution in [0.3, 0.4) is 0 Å². The van der Waals surface area contributed by atoms with Crippen LogP contribution in [0, 0.1) is 17.0 Å². The first-order valence-corrected chi connectivity index (χ1v) is 11.7. The third-order valence-corrected chi connectivity index (χ3v) is 6.71. The monoisotopic (exact) mass is 504 g/mol. The first-order valence-electron chi connectivity index (χ1n) is 11.3. The minimum Gasteiger partial charge on any atom is -0.507 e. The predicted molar refractivity (Wildman–Crippen MR) is 139 cm³/mol. The molecule has 4 rings (SSSR count). The van der Waals surface area contributed by atoms with Crippen LogP contribution in [-0.4, -0.2) is 21.7 Å². The number of amides is 1. The van der Waals surface area contributed by atoms with Gasteiger partial charge in [-0.25, -0.2) is 0 Å². The molecule has 3 aromatic carbocycles. The van der Waals surface area contributed by atoms with Gasteiger partial charge in [0.05, 0.1) is 16.5 Å². The highest BCUT2D eigenvalue weighted by Gasteiger charge is 2.47. The van der Waals surface area contributed by atoms with Crippen LogP contribution in [0.15, 0.2) is 72.3 Å². The molecule has 1 atom stereocenters. The summed E-state index contributed by atoms with van der Waals surface area (Å²) in [5, 5.41) is 22.9. The zero-order valence-corrected chi connectivity index (χ0v) is 21.0. The molecule has 3 aromatic rings. The van der Waals surface area contributed by atoms with E-state index < -0.39 is 28.4 Å². The summed E-state index contributed by atoms with van der Waals surface area (Å²) in [6.07, 6.45) is 0. The summed E-state index contributed by atoms with van der Waals surface area (Å²) in [4.78, 5) is 38.6. The van der Waals surface area contributed by atoms with Crippen molar-refractivity contribution >= 4 is 40.4 Å². The number of carbonyl (C=O) groups is 2. The van der Waals surface area contributed by atoms with E-state index in [9.17, 15) is 24.8 Å². The minimum absolute atomic E-state index is 0.0699. The van der Waals surface area contributed by atoms with Gasteiger partial charge in [0.25, 0.3) is 17.4 Å². The third-order valence-electron chi connectivity index (χ3n) is 6.30. The molecule has 0 aromatic heterocycles. The summed E-state index contributed by atoms with van der Waals surface area (Å²) in [6, 6.07) is 16.9. The molecular formula is C28H25ClN2O5. The van der Waals surface area contributed by atoms with E-state index in [0.717, 1.165) is 11.1 Å². The van der Waals surface area contributed by atoms with Crippen LogP contribution >= 0.6 is 11.6 Å². The van der Waals surface area contributed by atoms with Crippen molar-refractivity contribution in [2.24, 2.45) is 0 Å². The number of benzene rings is 3. The number of ketones is 1. The lowest BCUT2D eigenvalue weighted by Gasteiger charge is -2.27. The molecule has 1 aliphatic rings. The van der Waals surface area contributed by atoms with E-state index in [-0.39, 0.29) is 22.2 Å². The van der Waals surface area contributed by atoms with Crippen molar-refractivity contribution in [1.29, 1.82) is 0 Å². The zero-order chi connectivity index (χ0) is 26.4. The van der Waals surface area contributed by atoms with Gasteiger partial charge < -0.3 is 5.11 Å². The van der Waals surface area contributed by atoms with Gasteiger partial charge in [0, 0.05) is 28.4 Å². The number of aryl methyl sites for hydroxylation is 1. The normalized spacial score (nSPS) is 17.5. The SMILES string of the molecule is Cc1ccc(N2C(=O)C(=O)/C(=C(/O)c3cccc([N+](=O)[O-])c3)C2c2ccc(C(C)(C)C)cc2)cc1Cl. The highest BCUT2D eigenvalue weighted by atomic mass is 35.5. The fourth-order valence-corrected chi connectivity index (χ4v) is 4.41. The lowest BCUT2D eigenvalue weighted by Crippen LogP contribution is -2.29. The number of aliphatic hydroxyl groups is 1. The number of halogens is 1. The van der Waals surface area contributed by atoms with Crippen LogP contribution in [0.4, 0.5) is 11.4 Å². The van der Waals surface area contributed by atoms with E-state index in [0.29, 0.717) is 16.3 Å². The number of aliphatic hydroxyl groups excluding tert-OH is 1. The van der Waals surface area contributed by atoms with Crippen molar-refractivity contribution in [2.75, 3.05) is 4.90 Å². The fourth-order valence-electron chi connectivity index (χ4n) is 4.23. The van der Waals surface area contributed by atoms with E-state index in [1.165, 1.54) is 29.2 Å². The molecule has 1 aliphatic heterocycles. The Morgan fingerprint density at radius 1 is 1.03 bits per heavy atom. The smallest absolute Gasteiger partial charge is 0.300 e. The van der Waals surface area contributed by atoms with Gasteiger partial charge in [-0.3, -0.25) is 24.6 Å². The second-order valence-corrected chi connectivity index (χ2v) is 10.2. The van der Waals surface area contributed by atoms with Crippen molar-refractivity contribution in [1.82, 2.24) is 0 Å². The number of nitrogens with zero attached hydrogens (tertiary/aromatic N) is 2. The zero-order valence-electron chi connectivity index (χ0n) is 20.3. The van der Waals surface area contributed by atoms with Crippen LogP contribution in [0.25, 0.3) is 5.76 Å². The van der Waals surface area contributed by atoms with E-state index in [1.807, 2.05) is 31.2 Å². The Morgan fingerprint density at radius 2 is 1.69 bits per heavy atom. The van der Waals surface area contributed by atoms with Gasteiger partial charge in [0.2, 0.25) is 0 Å². The second-order valence-electron chi connectivity index (χ2n) is 9.78. The Hall–Kier alpha value is -3.97. The number of hydrogen-bond donors (Lipinski definition) is 1. The molecular weight excluding hydrogens is 480 g/mol. The molecule has 7 nitrogen and oxygen atoms in total. The lowest BCUT2D eigenvalue weighted by atomic mass is 9.85. The van der Waals surface area contributed by atoms with Gasteiger partial charge in [0.15, 0.2) is 0 Å². The molecule has 1 heterocycles. The second kappa shape index (κ2) is 9.24. The van der Waals surface area contributed by atoms with Gasteiger partial charge in [-0.15, -0.1) is 0 Å². The summed E-state index contributed by atoms with van der Waals surface area (Å²) in [6.45, 7) is 8.05. The van der Waals surface area contributed by atoms with Crippen LogP contribution in [-0.2, 0) is 15.0 Å². The highest BCUT2D eigenvalue weighted by molar-refractivity contribution is 6.51.